The van der Waals surface area contributed by atoms with Crippen LogP contribution in [-0.4, -0.2) is 29.7 Å². The number of halogens is 1. The summed E-state index contributed by atoms with van der Waals surface area (Å²) >= 11 is 1.26. The number of rotatable bonds is 6. The van der Waals surface area contributed by atoms with Gasteiger partial charge in [-0.3, -0.25) is 14.5 Å². The Morgan fingerprint density at radius 3 is 2.22 bits per heavy atom. The summed E-state index contributed by atoms with van der Waals surface area (Å²) in [5, 5.41) is 0.486. The lowest BCUT2D eigenvalue weighted by molar-refractivity contribution is -0.113. The van der Waals surface area contributed by atoms with Gasteiger partial charge in [0.1, 0.15) is 11.4 Å². The first-order chi connectivity index (χ1) is 15.2. The second kappa shape index (κ2) is 10.9. The topological polar surface area (TPSA) is 59.0 Å². The lowest BCUT2D eigenvalue weighted by Gasteiger charge is -2.17. The fourth-order valence-electron chi connectivity index (χ4n) is 3.09. The van der Waals surface area contributed by atoms with Crippen molar-refractivity contribution in [2.45, 2.75) is 0 Å². The van der Waals surface area contributed by atoms with E-state index in [1.165, 1.54) is 11.8 Å². The molecule has 0 N–H and O–H groups in total. The molecule has 162 valence electrons. The van der Waals surface area contributed by atoms with E-state index in [4.69, 9.17) is 4.74 Å². The molecule has 3 aromatic carbocycles. The number of nitrogens with zero attached hydrogens (tertiary/aromatic N) is 2. The smallest absolute Gasteiger partial charge is 0.283 e. The first-order valence-corrected chi connectivity index (χ1v) is 10.7. The lowest BCUT2D eigenvalue weighted by atomic mass is 10.2. The van der Waals surface area contributed by atoms with Crippen molar-refractivity contribution < 1.29 is 31.3 Å². The highest BCUT2D eigenvalue weighted by molar-refractivity contribution is 8.14. The van der Waals surface area contributed by atoms with Gasteiger partial charge in [0.25, 0.3) is 5.91 Å². The monoisotopic (exact) mass is 507 g/mol. The van der Waals surface area contributed by atoms with Crippen LogP contribution in [0, 0.1) is 0 Å². The number of thioether (sulfide) groups is 1. The van der Waals surface area contributed by atoms with Gasteiger partial charge in [0.2, 0.25) is 0 Å². The second-order valence-corrected chi connectivity index (χ2v) is 7.69. The number of benzene rings is 3. The number of Topliss-reactive ketones (excluding diaryl/α,β-unsaturated/α-hetero) is 1. The number of aliphatic imine (C=N–C) groups is 1. The van der Waals surface area contributed by atoms with Gasteiger partial charge in [-0.25, -0.2) is 4.99 Å². The Morgan fingerprint density at radius 2 is 1.59 bits per heavy atom. The van der Waals surface area contributed by atoms with Crippen molar-refractivity contribution in [2.24, 2.45) is 4.99 Å². The van der Waals surface area contributed by atoms with Gasteiger partial charge in [0, 0.05) is 5.56 Å². The van der Waals surface area contributed by atoms with Crippen LogP contribution in [0.1, 0.15) is 15.9 Å². The standard InChI is InChI=1S/C25H20N2O3S.BrH/c1-30-21-14-12-18(13-15-21)16-22-24(29)27(20-10-6-3-7-11-20)25(26-22)31-17-23(28)19-8-4-2-5-9-19;/h2-16H,17H2,1H3;1H/p-1/b22-16+;. The summed E-state index contributed by atoms with van der Waals surface area (Å²) in [6.07, 6.45) is 1.74. The molecule has 0 spiro atoms. The zero-order valence-corrected chi connectivity index (χ0v) is 19.7. The molecule has 0 fully saturated rings. The number of hydrogen-bond donors (Lipinski definition) is 0. The van der Waals surface area contributed by atoms with E-state index in [0.717, 1.165) is 11.3 Å². The van der Waals surface area contributed by atoms with Crippen LogP contribution in [0.2, 0.25) is 0 Å². The van der Waals surface area contributed by atoms with Gasteiger partial charge in [-0.2, -0.15) is 0 Å². The quantitative estimate of drug-likeness (QED) is 0.378. The number of methoxy groups -OCH3 is 1. The Balaban J connectivity index is 0.00000289. The van der Waals surface area contributed by atoms with Crippen molar-refractivity contribution in [1.82, 2.24) is 0 Å². The number of ketones is 1. The maximum atomic E-state index is 13.2. The van der Waals surface area contributed by atoms with Gasteiger partial charge in [0.05, 0.1) is 18.6 Å². The highest BCUT2D eigenvalue weighted by Gasteiger charge is 2.32. The van der Waals surface area contributed by atoms with Crippen LogP contribution in [0.15, 0.2) is 95.6 Å². The molecule has 5 nitrogen and oxygen atoms in total. The minimum absolute atomic E-state index is 0. The number of anilines is 1. The molecule has 3 aromatic rings. The molecule has 4 rings (SSSR count). The average Bonchev–Trinajstić information content (AvgIpc) is 3.14. The summed E-state index contributed by atoms with van der Waals surface area (Å²) in [5.74, 6) is 0.693. The van der Waals surface area contributed by atoms with E-state index in [1.807, 2.05) is 72.8 Å². The molecule has 7 heteroatoms. The summed E-state index contributed by atoms with van der Waals surface area (Å²) in [6, 6.07) is 25.8. The van der Waals surface area contributed by atoms with Crippen LogP contribution in [0.4, 0.5) is 5.69 Å². The van der Waals surface area contributed by atoms with E-state index in [9.17, 15) is 9.59 Å². The molecule has 1 aliphatic rings. The number of ether oxygens (including phenoxy) is 1. The third kappa shape index (κ3) is 5.36. The fraction of sp³-hybridized carbons (Fsp3) is 0.0800. The molecule has 0 bridgehead atoms. The number of hydrogen-bond acceptors (Lipinski definition) is 5. The normalized spacial score (nSPS) is 14.2. The number of carbonyl (C=O) groups excluding carboxylic acids is 2. The SMILES string of the molecule is COc1ccc(/C=C2/N=C(SCC(=O)c3ccccc3)N(c3ccccc3)C2=O)cc1.[Br-]. The molecule has 0 radical (unpaired) electrons. The molecule has 1 aliphatic heterocycles. The minimum Gasteiger partial charge on any atom is -1.00 e. The Kier molecular flexibility index (Phi) is 8.03. The number of carbonyl (C=O) groups is 2. The molecule has 1 heterocycles. The number of amidine groups is 1. The molecule has 32 heavy (non-hydrogen) atoms. The predicted octanol–water partition coefficient (Wildman–Crippen LogP) is 2.06. The van der Waals surface area contributed by atoms with E-state index in [0.29, 0.717) is 22.1 Å². The van der Waals surface area contributed by atoms with Crippen LogP contribution in [-0.2, 0) is 4.79 Å². The minimum atomic E-state index is -0.225. The van der Waals surface area contributed by atoms with Gasteiger partial charge in [0.15, 0.2) is 11.0 Å². The molecule has 0 aliphatic carbocycles. The van der Waals surface area contributed by atoms with Gasteiger partial charge in [-0.15, -0.1) is 0 Å². The van der Waals surface area contributed by atoms with Gasteiger partial charge < -0.3 is 21.7 Å². The largest absolute Gasteiger partial charge is 1.00 e. The van der Waals surface area contributed by atoms with Gasteiger partial charge in [-0.05, 0) is 35.9 Å². The Hall–Kier alpha value is -3.16. The van der Waals surface area contributed by atoms with Crippen molar-refractivity contribution in [1.29, 1.82) is 0 Å². The molecule has 0 unspecified atom stereocenters. The van der Waals surface area contributed by atoms with E-state index in [-0.39, 0.29) is 34.4 Å². The predicted molar refractivity (Wildman–Crippen MR) is 126 cm³/mol. The Labute approximate surface area is 201 Å². The average molecular weight is 508 g/mol. The summed E-state index contributed by atoms with van der Waals surface area (Å²) < 4.78 is 5.18. The third-order valence-corrected chi connectivity index (χ3v) is 5.63. The maximum absolute atomic E-state index is 13.2. The number of amides is 1. The Morgan fingerprint density at radius 1 is 0.969 bits per heavy atom. The Bertz CT molecular complexity index is 1150. The zero-order valence-electron chi connectivity index (χ0n) is 17.3. The van der Waals surface area contributed by atoms with E-state index in [1.54, 1.807) is 30.2 Å². The molecular formula is C25H20BrN2O3S-. The summed E-state index contributed by atoms with van der Waals surface area (Å²) in [7, 11) is 1.61. The highest BCUT2D eigenvalue weighted by Crippen LogP contribution is 2.29. The van der Waals surface area contributed by atoms with Crippen LogP contribution < -0.4 is 26.6 Å². The molecule has 0 saturated carbocycles. The summed E-state index contributed by atoms with van der Waals surface area (Å²) in [6.45, 7) is 0. The van der Waals surface area contributed by atoms with E-state index >= 15 is 0 Å². The van der Waals surface area contributed by atoms with Crippen molar-refractivity contribution >= 4 is 40.4 Å². The van der Waals surface area contributed by atoms with Crippen LogP contribution in [0.25, 0.3) is 6.08 Å². The van der Waals surface area contributed by atoms with Gasteiger partial charge >= 0.3 is 0 Å². The van der Waals surface area contributed by atoms with Crippen molar-refractivity contribution in [3.8, 4) is 5.75 Å². The summed E-state index contributed by atoms with van der Waals surface area (Å²) in [5.41, 5.74) is 2.51. The van der Waals surface area contributed by atoms with Crippen molar-refractivity contribution in [3.63, 3.8) is 0 Å². The number of para-hydroxylation sites is 1. The molecule has 0 saturated heterocycles. The molecule has 0 aromatic heterocycles. The van der Waals surface area contributed by atoms with E-state index < -0.39 is 0 Å². The van der Waals surface area contributed by atoms with Crippen LogP contribution >= 0.6 is 11.8 Å². The second-order valence-electron chi connectivity index (χ2n) is 6.75. The van der Waals surface area contributed by atoms with Crippen LogP contribution in [0.3, 0.4) is 0 Å². The maximum Gasteiger partial charge on any atom is 0.283 e. The van der Waals surface area contributed by atoms with Crippen molar-refractivity contribution in [3.05, 3.63) is 102 Å². The van der Waals surface area contributed by atoms with E-state index in [2.05, 4.69) is 4.99 Å². The summed E-state index contributed by atoms with van der Waals surface area (Å²) in [4.78, 5) is 31.8. The molecule has 1 amide bonds. The van der Waals surface area contributed by atoms with Gasteiger partial charge in [-0.1, -0.05) is 72.4 Å². The fourth-order valence-corrected chi connectivity index (χ4v) is 4.00. The highest BCUT2D eigenvalue weighted by atomic mass is 79.9. The molecular weight excluding hydrogens is 488 g/mol. The van der Waals surface area contributed by atoms with Crippen molar-refractivity contribution in [2.75, 3.05) is 17.8 Å². The lowest BCUT2D eigenvalue weighted by Crippen LogP contribution is -3.00. The third-order valence-electron chi connectivity index (χ3n) is 4.69. The molecule has 0 atom stereocenters. The van der Waals surface area contributed by atoms with Crippen LogP contribution in [0.5, 0.6) is 5.75 Å². The zero-order chi connectivity index (χ0) is 21.6. The first-order valence-electron chi connectivity index (χ1n) is 9.71. The first kappa shape index (κ1) is 23.5.